The van der Waals surface area contributed by atoms with Gasteiger partial charge in [-0.2, -0.15) is 0 Å². The minimum Gasteiger partial charge on any atom is -0.468 e. The normalized spacial score (nSPS) is 24.7. The van der Waals surface area contributed by atoms with Crippen molar-refractivity contribution in [3.05, 3.63) is 83.4 Å². The maximum atomic E-state index is 13.4. The molecule has 2 atom stereocenters. The summed E-state index contributed by atoms with van der Waals surface area (Å²) in [5.74, 6) is -1.99. The van der Waals surface area contributed by atoms with Crippen molar-refractivity contribution in [2.75, 3.05) is 20.8 Å². The third-order valence-electron chi connectivity index (χ3n) is 6.05. The van der Waals surface area contributed by atoms with Gasteiger partial charge in [-0.3, -0.25) is 9.59 Å². The summed E-state index contributed by atoms with van der Waals surface area (Å²) in [6, 6.07) is 18.2. The van der Waals surface area contributed by atoms with Crippen LogP contribution in [0.5, 0.6) is 0 Å². The van der Waals surface area contributed by atoms with Crippen molar-refractivity contribution < 1.29 is 28.6 Å². The van der Waals surface area contributed by atoms with Crippen LogP contribution in [-0.2, 0) is 28.6 Å². The molecular weight excluding hydrogens is 396 g/mol. The lowest BCUT2D eigenvalue weighted by molar-refractivity contribution is -0.160. The fraction of sp³-hybridized carbons (Fsp3) is 0.240. The molecule has 0 spiro atoms. The number of esters is 3. The van der Waals surface area contributed by atoms with Crippen LogP contribution in [0.25, 0.3) is 11.1 Å². The van der Waals surface area contributed by atoms with E-state index in [2.05, 4.69) is 0 Å². The van der Waals surface area contributed by atoms with Gasteiger partial charge in [0, 0.05) is 5.57 Å². The molecule has 6 nitrogen and oxygen atoms in total. The van der Waals surface area contributed by atoms with Crippen LogP contribution in [-0.4, -0.2) is 38.7 Å². The molecule has 0 bridgehead atoms. The van der Waals surface area contributed by atoms with E-state index in [0.29, 0.717) is 22.3 Å². The molecule has 2 aliphatic rings. The summed E-state index contributed by atoms with van der Waals surface area (Å²) >= 11 is 0. The summed E-state index contributed by atoms with van der Waals surface area (Å²) in [4.78, 5) is 39.6. The van der Waals surface area contributed by atoms with E-state index in [1.807, 2.05) is 48.5 Å². The Morgan fingerprint density at radius 1 is 0.903 bits per heavy atom. The maximum Gasteiger partial charge on any atom is 0.338 e. The molecule has 31 heavy (non-hydrogen) atoms. The number of fused-ring (bicyclic) bond motifs is 1. The number of rotatable bonds is 4. The Morgan fingerprint density at radius 2 is 1.48 bits per heavy atom. The van der Waals surface area contributed by atoms with Gasteiger partial charge in [0.05, 0.1) is 25.2 Å². The summed E-state index contributed by atoms with van der Waals surface area (Å²) < 4.78 is 15.7. The lowest BCUT2D eigenvalue weighted by atomic mass is 9.55. The number of hydrogen-bond donors (Lipinski definition) is 0. The SMILES string of the molecule is COC(=O)C1=C[C@@]2(C)COC(=O)[C@@]2(C(=O)OC)C(c2ccccc2)=C1c1ccccc1. The smallest absolute Gasteiger partial charge is 0.338 e. The fourth-order valence-corrected chi connectivity index (χ4v) is 4.63. The quantitative estimate of drug-likeness (QED) is 0.430. The van der Waals surface area contributed by atoms with E-state index in [-0.39, 0.29) is 12.2 Å². The maximum absolute atomic E-state index is 13.4. The third-order valence-corrected chi connectivity index (χ3v) is 6.05. The Hall–Kier alpha value is -3.67. The molecular formula is C25H22O6. The van der Waals surface area contributed by atoms with Gasteiger partial charge in [0.1, 0.15) is 6.61 Å². The lowest BCUT2D eigenvalue weighted by Gasteiger charge is -2.42. The molecule has 0 aromatic heterocycles. The van der Waals surface area contributed by atoms with E-state index in [1.165, 1.54) is 14.2 Å². The van der Waals surface area contributed by atoms with Crippen LogP contribution in [0.15, 0.2) is 72.3 Å². The van der Waals surface area contributed by atoms with E-state index in [4.69, 9.17) is 14.2 Å². The summed E-state index contributed by atoms with van der Waals surface area (Å²) in [5, 5.41) is 0. The van der Waals surface area contributed by atoms with Crippen LogP contribution >= 0.6 is 0 Å². The highest BCUT2D eigenvalue weighted by Gasteiger charge is 2.70. The molecule has 1 aliphatic carbocycles. The predicted octanol–water partition coefficient (Wildman–Crippen LogP) is 3.43. The monoisotopic (exact) mass is 418 g/mol. The summed E-state index contributed by atoms with van der Waals surface area (Å²) in [6.07, 6.45) is 1.62. The number of carbonyl (C=O) groups excluding carboxylic acids is 3. The van der Waals surface area contributed by atoms with E-state index in [9.17, 15) is 14.4 Å². The number of benzene rings is 2. The number of methoxy groups -OCH3 is 2. The van der Waals surface area contributed by atoms with Crippen LogP contribution in [0.2, 0.25) is 0 Å². The molecule has 0 amide bonds. The lowest BCUT2D eigenvalue weighted by Crippen LogP contribution is -2.51. The Bertz CT molecular complexity index is 1120. The van der Waals surface area contributed by atoms with Crippen molar-refractivity contribution >= 4 is 29.1 Å². The van der Waals surface area contributed by atoms with Gasteiger partial charge in [0.2, 0.25) is 5.41 Å². The molecule has 2 aromatic carbocycles. The highest BCUT2D eigenvalue weighted by molar-refractivity contribution is 6.25. The molecule has 1 heterocycles. The van der Waals surface area contributed by atoms with Gasteiger partial charge in [-0.15, -0.1) is 0 Å². The summed E-state index contributed by atoms with van der Waals surface area (Å²) in [7, 11) is 2.54. The largest absolute Gasteiger partial charge is 0.468 e. The summed E-state index contributed by atoms with van der Waals surface area (Å²) in [5.41, 5.74) is -0.544. The van der Waals surface area contributed by atoms with Crippen molar-refractivity contribution in [1.82, 2.24) is 0 Å². The number of cyclic esters (lactones) is 1. The standard InChI is InChI=1S/C25H22O6/c1-24-14-18(21(26)29-2)19(16-10-6-4-7-11-16)20(17-12-8-5-9-13-17)25(24,22(27)30-3)23(28)31-15-24/h4-14H,15H2,1-3H3/t24-,25-/m0/s1. The fourth-order valence-electron chi connectivity index (χ4n) is 4.63. The van der Waals surface area contributed by atoms with Crippen molar-refractivity contribution in [2.45, 2.75) is 6.92 Å². The zero-order valence-corrected chi connectivity index (χ0v) is 17.5. The molecule has 0 N–H and O–H groups in total. The van der Waals surface area contributed by atoms with Crippen molar-refractivity contribution in [3.63, 3.8) is 0 Å². The molecule has 158 valence electrons. The van der Waals surface area contributed by atoms with Gasteiger partial charge in [0.25, 0.3) is 0 Å². The predicted molar refractivity (Wildman–Crippen MR) is 113 cm³/mol. The minimum atomic E-state index is -1.77. The second-order valence-electron chi connectivity index (χ2n) is 7.77. The minimum absolute atomic E-state index is 0.0696. The molecule has 1 aliphatic heterocycles. The Labute approximate surface area is 180 Å². The average Bonchev–Trinajstić information content (AvgIpc) is 3.09. The van der Waals surface area contributed by atoms with Gasteiger partial charge in [-0.25, -0.2) is 4.79 Å². The van der Waals surface area contributed by atoms with Gasteiger partial charge in [0.15, 0.2) is 0 Å². The van der Waals surface area contributed by atoms with Crippen molar-refractivity contribution in [3.8, 4) is 0 Å². The molecule has 0 unspecified atom stereocenters. The van der Waals surface area contributed by atoms with E-state index in [0.717, 1.165) is 0 Å². The van der Waals surface area contributed by atoms with Crippen molar-refractivity contribution in [1.29, 1.82) is 0 Å². The second-order valence-corrected chi connectivity index (χ2v) is 7.77. The average molecular weight is 418 g/mol. The molecule has 6 heteroatoms. The van der Waals surface area contributed by atoms with Crippen LogP contribution in [0, 0.1) is 10.8 Å². The molecule has 2 aromatic rings. The molecule has 4 rings (SSSR count). The van der Waals surface area contributed by atoms with Crippen molar-refractivity contribution in [2.24, 2.45) is 10.8 Å². The molecule has 1 fully saturated rings. The number of hydrogen-bond acceptors (Lipinski definition) is 6. The molecule has 0 saturated carbocycles. The second kappa shape index (κ2) is 7.54. The zero-order chi connectivity index (χ0) is 22.2. The Morgan fingerprint density at radius 3 is 2.03 bits per heavy atom. The number of carbonyl (C=O) groups is 3. The van der Waals surface area contributed by atoms with Gasteiger partial charge < -0.3 is 14.2 Å². The zero-order valence-electron chi connectivity index (χ0n) is 17.5. The van der Waals surface area contributed by atoms with Crippen LogP contribution in [0.1, 0.15) is 18.1 Å². The van der Waals surface area contributed by atoms with Gasteiger partial charge in [-0.1, -0.05) is 73.7 Å². The van der Waals surface area contributed by atoms with Gasteiger partial charge >= 0.3 is 17.9 Å². The van der Waals surface area contributed by atoms with Crippen LogP contribution < -0.4 is 0 Å². The Kier molecular flexibility index (Phi) is 5.01. The topological polar surface area (TPSA) is 78.9 Å². The third kappa shape index (κ3) is 2.82. The first kappa shape index (κ1) is 20.6. The number of ether oxygens (including phenoxy) is 3. The van der Waals surface area contributed by atoms with Gasteiger partial charge in [-0.05, 0) is 16.7 Å². The highest BCUT2D eigenvalue weighted by Crippen LogP contribution is 2.61. The first-order valence-corrected chi connectivity index (χ1v) is 9.83. The van der Waals surface area contributed by atoms with E-state index in [1.54, 1.807) is 25.1 Å². The summed E-state index contributed by atoms with van der Waals surface area (Å²) in [6.45, 7) is 1.66. The van der Waals surface area contributed by atoms with Crippen LogP contribution in [0.3, 0.4) is 0 Å². The molecule has 1 saturated heterocycles. The van der Waals surface area contributed by atoms with E-state index < -0.39 is 28.7 Å². The molecule has 0 radical (unpaired) electrons. The van der Waals surface area contributed by atoms with Crippen LogP contribution in [0.4, 0.5) is 0 Å². The first-order valence-electron chi connectivity index (χ1n) is 9.83. The first-order chi connectivity index (χ1) is 14.9. The Balaban J connectivity index is 2.21. The van der Waals surface area contributed by atoms with E-state index >= 15 is 0 Å². The highest BCUT2D eigenvalue weighted by atomic mass is 16.6.